The van der Waals surface area contributed by atoms with Crippen LogP contribution in [0.5, 0.6) is 0 Å². The smallest absolute Gasteiger partial charge is 0.267 e. The van der Waals surface area contributed by atoms with Gasteiger partial charge in [0.2, 0.25) is 0 Å². The quantitative estimate of drug-likeness (QED) is 0.882. The van der Waals surface area contributed by atoms with Crippen molar-refractivity contribution in [2.45, 2.75) is 12.8 Å². The van der Waals surface area contributed by atoms with E-state index in [2.05, 4.69) is 15.3 Å². The molecule has 1 aliphatic rings. The molecule has 3 rings (SSSR count). The molecule has 2 aromatic rings. The first-order valence-electron chi connectivity index (χ1n) is 6.61. The highest BCUT2D eigenvalue weighted by atomic mass is 16.5. The predicted octanol–water partition coefficient (Wildman–Crippen LogP) is 1.72. The first kappa shape index (κ1) is 12.2. The van der Waals surface area contributed by atoms with Crippen molar-refractivity contribution in [1.29, 1.82) is 0 Å². The fourth-order valence-electron chi connectivity index (χ4n) is 2.38. The zero-order chi connectivity index (χ0) is 13.1. The topological polar surface area (TPSA) is 67.0 Å². The summed E-state index contributed by atoms with van der Waals surface area (Å²) in [5.41, 5.74) is 1.48. The molecule has 1 fully saturated rings. The van der Waals surface area contributed by atoms with Crippen LogP contribution in [0.1, 0.15) is 23.3 Å². The summed E-state index contributed by atoms with van der Waals surface area (Å²) in [5.74, 6) is 0.478. The fraction of sp³-hybridized carbons (Fsp3) is 0.429. The Morgan fingerprint density at radius 1 is 1.47 bits per heavy atom. The first-order chi connectivity index (χ1) is 9.33. The van der Waals surface area contributed by atoms with Crippen molar-refractivity contribution in [1.82, 2.24) is 15.3 Å². The summed E-state index contributed by atoms with van der Waals surface area (Å²) in [5, 5.41) is 3.99. The maximum Gasteiger partial charge on any atom is 0.267 e. The van der Waals surface area contributed by atoms with Crippen molar-refractivity contribution in [2.24, 2.45) is 5.92 Å². The van der Waals surface area contributed by atoms with Gasteiger partial charge in [0.15, 0.2) is 0 Å². The highest BCUT2D eigenvalue weighted by Gasteiger charge is 2.16. The van der Waals surface area contributed by atoms with Crippen molar-refractivity contribution in [3.63, 3.8) is 0 Å². The summed E-state index contributed by atoms with van der Waals surface area (Å²) in [6, 6.07) is 3.75. The Labute approximate surface area is 111 Å². The zero-order valence-corrected chi connectivity index (χ0v) is 10.7. The molecule has 0 bridgehead atoms. The number of amides is 1. The van der Waals surface area contributed by atoms with Gasteiger partial charge in [0.25, 0.3) is 5.91 Å². The number of hydrogen-bond donors (Lipinski definition) is 2. The first-order valence-corrected chi connectivity index (χ1v) is 6.61. The van der Waals surface area contributed by atoms with Gasteiger partial charge in [-0.3, -0.25) is 9.78 Å². The lowest BCUT2D eigenvalue weighted by Gasteiger charge is -2.21. The molecule has 5 nitrogen and oxygen atoms in total. The van der Waals surface area contributed by atoms with Crippen LogP contribution in [0.25, 0.3) is 10.9 Å². The Bertz CT molecular complexity index is 540. The third kappa shape index (κ3) is 2.76. The summed E-state index contributed by atoms with van der Waals surface area (Å²) in [6.07, 6.45) is 5.50. The van der Waals surface area contributed by atoms with Gasteiger partial charge >= 0.3 is 0 Å². The number of nitrogens with one attached hydrogen (secondary N) is 2. The van der Waals surface area contributed by atoms with Crippen molar-refractivity contribution in [3.8, 4) is 0 Å². The van der Waals surface area contributed by atoms with Gasteiger partial charge in [-0.1, -0.05) is 0 Å². The highest BCUT2D eigenvalue weighted by Crippen LogP contribution is 2.15. The maximum atomic E-state index is 12.1. The van der Waals surface area contributed by atoms with Gasteiger partial charge in [-0.15, -0.1) is 0 Å². The van der Waals surface area contributed by atoms with Gasteiger partial charge in [0.1, 0.15) is 5.69 Å². The lowest BCUT2D eigenvalue weighted by atomic mass is 10.0. The minimum atomic E-state index is -0.0531. The van der Waals surface area contributed by atoms with E-state index in [0.29, 0.717) is 11.6 Å². The summed E-state index contributed by atoms with van der Waals surface area (Å²) in [7, 11) is 0. The average Bonchev–Trinajstić information content (AvgIpc) is 2.90. The third-order valence-corrected chi connectivity index (χ3v) is 3.56. The van der Waals surface area contributed by atoms with E-state index in [9.17, 15) is 4.79 Å². The van der Waals surface area contributed by atoms with E-state index in [0.717, 1.165) is 43.5 Å². The number of fused-ring (bicyclic) bond motifs is 1. The van der Waals surface area contributed by atoms with Crippen molar-refractivity contribution < 1.29 is 9.53 Å². The highest BCUT2D eigenvalue weighted by molar-refractivity contribution is 5.97. The molecule has 3 heterocycles. The molecule has 5 heteroatoms. The number of rotatable bonds is 3. The van der Waals surface area contributed by atoms with Gasteiger partial charge in [-0.25, -0.2) is 0 Å². The van der Waals surface area contributed by atoms with Gasteiger partial charge < -0.3 is 15.0 Å². The molecule has 0 spiro atoms. The van der Waals surface area contributed by atoms with Crippen LogP contribution in [-0.4, -0.2) is 35.6 Å². The van der Waals surface area contributed by atoms with Crippen LogP contribution < -0.4 is 5.32 Å². The number of carbonyl (C=O) groups excluding carboxylic acids is 1. The standard InChI is InChI=1S/C14H17N3O2/c18-14(16-8-10-2-5-19-6-3-10)12-7-11-1-4-15-9-13(11)17-12/h1,4,7,9-10,17H,2-3,5-6,8H2,(H,16,18). The van der Waals surface area contributed by atoms with E-state index in [-0.39, 0.29) is 5.91 Å². The zero-order valence-electron chi connectivity index (χ0n) is 10.7. The van der Waals surface area contributed by atoms with Crippen LogP contribution in [-0.2, 0) is 4.74 Å². The molecule has 2 aromatic heterocycles. The summed E-state index contributed by atoms with van der Waals surface area (Å²) < 4.78 is 5.31. The second-order valence-corrected chi connectivity index (χ2v) is 4.91. The molecule has 0 radical (unpaired) electrons. The molecule has 100 valence electrons. The lowest BCUT2D eigenvalue weighted by Crippen LogP contribution is -2.32. The summed E-state index contributed by atoms with van der Waals surface area (Å²) in [6.45, 7) is 2.33. The second-order valence-electron chi connectivity index (χ2n) is 4.91. The average molecular weight is 259 g/mol. The van der Waals surface area contributed by atoms with E-state index in [1.54, 1.807) is 12.4 Å². The number of pyridine rings is 1. The van der Waals surface area contributed by atoms with Crippen molar-refractivity contribution in [2.75, 3.05) is 19.8 Å². The molecule has 0 unspecified atom stereocenters. The molecule has 0 aromatic carbocycles. The number of aromatic nitrogens is 2. The minimum Gasteiger partial charge on any atom is -0.381 e. The molecular formula is C14H17N3O2. The van der Waals surface area contributed by atoms with E-state index in [1.165, 1.54) is 0 Å². The Hall–Kier alpha value is -1.88. The number of ether oxygens (including phenoxy) is 1. The molecule has 1 aliphatic heterocycles. The van der Waals surface area contributed by atoms with Crippen LogP contribution in [0, 0.1) is 5.92 Å². The molecule has 0 saturated carbocycles. The van der Waals surface area contributed by atoms with Gasteiger partial charge in [0.05, 0.1) is 11.7 Å². The molecule has 19 heavy (non-hydrogen) atoms. The number of nitrogens with zero attached hydrogens (tertiary/aromatic N) is 1. The van der Waals surface area contributed by atoms with E-state index in [1.807, 2.05) is 12.1 Å². The Kier molecular flexibility index (Phi) is 3.46. The molecule has 0 aliphatic carbocycles. The van der Waals surface area contributed by atoms with Gasteiger partial charge in [0, 0.05) is 31.3 Å². The molecular weight excluding hydrogens is 242 g/mol. The van der Waals surface area contributed by atoms with E-state index >= 15 is 0 Å². The molecule has 1 saturated heterocycles. The largest absolute Gasteiger partial charge is 0.381 e. The second kappa shape index (κ2) is 5.40. The Balaban J connectivity index is 1.63. The number of H-pyrrole nitrogens is 1. The summed E-state index contributed by atoms with van der Waals surface area (Å²) in [4.78, 5) is 19.2. The van der Waals surface area contributed by atoms with Gasteiger partial charge in [-0.05, 0) is 30.9 Å². The molecule has 0 atom stereocenters. The number of hydrogen-bond acceptors (Lipinski definition) is 3. The third-order valence-electron chi connectivity index (χ3n) is 3.56. The SMILES string of the molecule is O=C(NCC1CCOCC1)c1cc2ccncc2[nH]1. The molecule has 2 N–H and O–H groups in total. The van der Waals surface area contributed by atoms with Crippen molar-refractivity contribution in [3.05, 3.63) is 30.2 Å². The van der Waals surface area contributed by atoms with E-state index in [4.69, 9.17) is 4.74 Å². The normalized spacial score (nSPS) is 16.6. The predicted molar refractivity (Wildman–Crippen MR) is 72.0 cm³/mol. The van der Waals surface area contributed by atoms with Gasteiger partial charge in [-0.2, -0.15) is 0 Å². The molecule has 1 amide bonds. The van der Waals surface area contributed by atoms with Crippen molar-refractivity contribution >= 4 is 16.8 Å². The van der Waals surface area contributed by atoms with Crippen LogP contribution in [0.2, 0.25) is 0 Å². The van der Waals surface area contributed by atoms with Crippen LogP contribution in [0.4, 0.5) is 0 Å². The van der Waals surface area contributed by atoms with Crippen LogP contribution >= 0.6 is 0 Å². The van der Waals surface area contributed by atoms with E-state index < -0.39 is 0 Å². The minimum absolute atomic E-state index is 0.0531. The number of aromatic amines is 1. The number of carbonyl (C=O) groups is 1. The summed E-state index contributed by atoms with van der Waals surface area (Å²) >= 11 is 0. The lowest BCUT2D eigenvalue weighted by molar-refractivity contribution is 0.0642. The maximum absolute atomic E-state index is 12.1. The monoisotopic (exact) mass is 259 g/mol. The van der Waals surface area contributed by atoms with Crippen LogP contribution in [0.15, 0.2) is 24.5 Å². The Morgan fingerprint density at radius 2 is 2.32 bits per heavy atom. The Morgan fingerprint density at radius 3 is 3.11 bits per heavy atom. The van der Waals surface area contributed by atoms with Crippen LogP contribution in [0.3, 0.4) is 0 Å². The fourth-order valence-corrected chi connectivity index (χ4v) is 2.38.